The van der Waals surface area contributed by atoms with Crippen LogP contribution in [0.15, 0.2) is 30.7 Å². The van der Waals surface area contributed by atoms with Gasteiger partial charge in [-0.25, -0.2) is 9.55 Å². The third-order valence-electron chi connectivity index (χ3n) is 2.30. The first kappa shape index (κ1) is 11.0. The highest BCUT2D eigenvalue weighted by Crippen LogP contribution is 2.13. The summed E-state index contributed by atoms with van der Waals surface area (Å²) in [6, 6.07) is 3.71. The van der Waals surface area contributed by atoms with Gasteiger partial charge in [0, 0.05) is 18.5 Å². The van der Waals surface area contributed by atoms with Crippen molar-refractivity contribution in [1.29, 1.82) is 0 Å². The molecular weight excluding hydrogens is 220 g/mol. The van der Waals surface area contributed by atoms with E-state index in [1.807, 2.05) is 12.1 Å². The van der Waals surface area contributed by atoms with Crippen molar-refractivity contribution in [3.8, 4) is 0 Å². The minimum absolute atomic E-state index is 0.0316. The van der Waals surface area contributed by atoms with Gasteiger partial charge in [-0.3, -0.25) is 4.98 Å². The van der Waals surface area contributed by atoms with Gasteiger partial charge in [-0.15, -0.1) is 0 Å². The Balaban J connectivity index is 2.25. The van der Waals surface area contributed by atoms with E-state index in [1.54, 1.807) is 31.6 Å². The normalized spacial score (nSPS) is 10.9. The van der Waals surface area contributed by atoms with E-state index in [2.05, 4.69) is 9.97 Å². The first-order chi connectivity index (χ1) is 8.18. The lowest BCUT2D eigenvalue weighted by Gasteiger charge is -1.94. The molecule has 0 aliphatic heterocycles. The van der Waals surface area contributed by atoms with E-state index in [0.29, 0.717) is 5.82 Å². The molecule has 0 saturated carbocycles. The third-order valence-corrected chi connectivity index (χ3v) is 2.30. The van der Waals surface area contributed by atoms with Crippen LogP contribution >= 0.6 is 0 Å². The van der Waals surface area contributed by atoms with Gasteiger partial charge in [0.2, 0.25) is 5.82 Å². The molecule has 17 heavy (non-hydrogen) atoms. The molecule has 0 N–H and O–H groups in total. The molecule has 2 aromatic rings. The summed E-state index contributed by atoms with van der Waals surface area (Å²) in [5, 5.41) is 10.6. The van der Waals surface area contributed by atoms with Crippen molar-refractivity contribution in [1.82, 2.24) is 14.5 Å². The van der Waals surface area contributed by atoms with Crippen LogP contribution in [-0.4, -0.2) is 19.5 Å². The van der Waals surface area contributed by atoms with Gasteiger partial charge >= 0.3 is 5.82 Å². The quantitative estimate of drug-likeness (QED) is 0.596. The number of rotatable bonds is 3. The van der Waals surface area contributed by atoms with Gasteiger partial charge in [0.1, 0.15) is 6.20 Å². The molecule has 86 valence electrons. The third kappa shape index (κ3) is 2.36. The van der Waals surface area contributed by atoms with Crippen LogP contribution in [0.4, 0.5) is 5.82 Å². The molecule has 0 radical (unpaired) electrons. The number of hydrogen-bond donors (Lipinski definition) is 0. The Labute approximate surface area is 97.4 Å². The second-order valence-corrected chi connectivity index (χ2v) is 3.41. The average molecular weight is 230 g/mol. The molecule has 0 spiro atoms. The molecule has 0 aromatic carbocycles. The van der Waals surface area contributed by atoms with Crippen molar-refractivity contribution in [3.63, 3.8) is 0 Å². The molecule has 0 amide bonds. The maximum Gasteiger partial charge on any atom is 0.342 e. The Hall–Kier alpha value is -2.50. The zero-order chi connectivity index (χ0) is 12.3. The first-order valence-corrected chi connectivity index (χ1v) is 4.92. The molecule has 0 fully saturated rings. The second-order valence-electron chi connectivity index (χ2n) is 3.41. The van der Waals surface area contributed by atoms with Gasteiger partial charge < -0.3 is 10.1 Å². The number of nitrogens with zero attached hydrogens (tertiary/aromatic N) is 4. The van der Waals surface area contributed by atoms with Crippen LogP contribution in [0.1, 0.15) is 11.4 Å². The predicted molar refractivity (Wildman–Crippen MR) is 63.0 cm³/mol. The Morgan fingerprint density at radius 3 is 2.82 bits per heavy atom. The van der Waals surface area contributed by atoms with Gasteiger partial charge in [0.15, 0.2) is 0 Å². The summed E-state index contributed by atoms with van der Waals surface area (Å²) in [4.78, 5) is 18.1. The first-order valence-electron chi connectivity index (χ1n) is 4.92. The van der Waals surface area contributed by atoms with E-state index in [4.69, 9.17) is 0 Å². The van der Waals surface area contributed by atoms with Crippen molar-refractivity contribution in [2.24, 2.45) is 7.05 Å². The van der Waals surface area contributed by atoms with Gasteiger partial charge in [-0.1, -0.05) is 6.07 Å². The molecule has 2 rings (SSSR count). The fraction of sp³-hybridized carbons (Fsp3) is 0.0909. The van der Waals surface area contributed by atoms with E-state index >= 15 is 0 Å². The monoisotopic (exact) mass is 230 g/mol. The SMILES string of the molecule is Cn1c([N+](=O)[O-])cnc1C=Cc1cccnc1. The van der Waals surface area contributed by atoms with E-state index in [-0.39, 0.29) is 5.82 Å². The zero-order valence-corrected chi connectivity index (χ0v) is 9.15. The number of pyridine rings is 1. The minimum Gasteiger partial charge on any atom is -0.358 e. The van der Waals surface area contributed by atoms with Crippen LogP contribution < -0.4 is 0 Å². The molecule has 0 saturated heterocycles. The number of aromatic nitrogens is 3. The Kier molecular flexibility index (Phi) is 2.95. The topological polar surface area (TPSA) is 73.8 Å². The van der Waals surface area contributed by atoms with Gasteiger partial charge in [-0.2, -0.15) is 0 Å². The summed E-state index contributed by atoms with van der Waals surface area (Å²) in [7, 11) is 1.61. The van der Waals surface area contributed by atoms with E-state index in [1.165, 1.54) is 10.8 Å². The maximum absolute atomic E-state index is 10.6. The molecule has 2 heterocycles. The predicted octanol–water partition coefficient (Wildman–Crippen LogP) is 1.89. The van der Waals surface area contributed by atoms with Gasteiger partial charge in [0.25, 0.3) is 0 Å². The fourth-order valence-corrected chi connectivity index (χ4v) is 1.38. The molecule has 0 aliphatic carbocycles. The van der Waals surface area contributed by atoms with Crippen molar-refractivity contribution in [2.45, 2.75) is 0 Å². The van der Waals surface area contributed by atoms with E-state index < -0.39 is 4.92 Å². The summed E-state index contributed by atoms with van der Waals surface area (Å²) >= 11 is 0. The fourth-order valence-electron chi connectivity index (χ4n) is 1.38. The lowest BCUT2D eigenvalue weighted by atomic mass is 10.2. The van der Waals surface area contributed by atoms with Crippen LogP contribution in [0.3, 0.4) is 0 Å². The highest BCUT2D eigenvalue weighted by Gasteiger charge is 2.13. The lowest BCUT2D eigenvalue weighted by molar-refractivity contribution is -0.391. The van der Waals surface area contributed by atoms with E-state index in [9.17, 15) is 10.1 Å². The van der Waals surface area contributed by atoms with Crippen LogP contribution in [0.25, 0.3) is 12.2 Å². The lowest BCUT2D eigenvalue weighted by Crippen LogP contribution is -1.98. The largest absolute Gasteiger partial charge is 0.358 e. The second kappa shape index (κ2) is 4.56. The molecule has 6 heteroatoms. The molecule has 2 aromatic heterocycles. The van der Waals surface area contributed by atoms with Crippen molar-refractivity contribution >= 4 is 18.0 Å². The molecule has 0 atom stereocenters. The van der Waals surface area contributed by atoms with Crippen molar-refractivity contribution in [3.05, 3.63) is 52.2 Å². The summed E-state index contributed by atoms with van der Waals surface area (Å²) in [5.41, 5.74) is 0.915. The Morgan fingerprint density at radius 1 is 1.41 bits per heavy atom. The van der Waals surface area contributed by atoms with Crippen molar-refractivity contribution < 1.29 is 4.92 Å². The summed E-state index contributed by atoms with van der Waals surface area (Å²) < 4.78 is 1.42. The zero-order valence-electron chi connectivity index (χ0n) is 9.15. The number of hydrogen-bond acceptors (Lipinski definition) is 4. The number of nitro groups is 1. The molecule has 0 aliphatic rings. The summed E-state index contributed by atoms with van der Waals surface area (Å²) in [6.45, 7) is 0. The maximum atomic E-state index is 10.6. The van der Waals surface area contributed by atoms with Crippen LogP contribution in [0.5, 0.6) is 0 Å². The van der Waals surface area contributed by atoms with Crippen LogP contribution in [0.2, 0.25) is 0 Å². The molecule has 6 nitrogen and oxygen atoms in total. The van der Waals surface area contributed by atoms with Crippen LogP contribution in [0, 0.1) is 10.1 Å². The van der Waals surface area contributed by atoms with Crippen LogP contribution in [-0.2, 0) is 7.05 Å². The molecule has 0 bridgehead atoms. The Bertz CT molecular complexity index is 560. The van der Waals surface area contributed by atoms with Gasteiger partial charge in [0.05, 0.1) is 7.05 Å². The van der Waals surface area contributed by atoms with E-state index in [0.717, 1.165) is 5.56 Å². The Morgan fingerprint density at radius 2 is 2.24 bits per heavy atom. The highest BCUT2D eigenvalue weighted by atomic mass is 16.6. The number of imidazole rings is 1. The van der Waals surface area contributed by atoms with Crippen molar-refractivity contribution in [2.75, 3.05) is 0 Å². The molecule has 0 unspecified atom stereocenters. The highest BCUT2D eigenvalue weighted by molar-refractivity contribution is 5.66. The molecular formula is C11H10N4O2. The minimum atomic E-state index is -0.464. The van der Waals surface area contributed by atoms with Gasteiger partial charge in [-0.05, 0) is 22.6 Å². The standard InChI is InChI=1S/C11H10N4O2/c1-14-10(13-8-11(14)15(16)17)5-4-9-3-2-6-12-7-9/h2-8H,1H3. The smallest absolute Gasteiger partial charge is 0.342 e. The summed E-state index contributed by atoms with van der Waals surface area (Å²) in [5.74, 6) is 0.497. The average Bonchev–Trinajstić information content (AvgIpc) is 2.69. The summed E-state index contributed by atoms with van der Waals surface area (Å²) in [6.07, 6.45) is 8.14.